The summed E-state index contributed by atoms with van der Waals surface area (Å²) in [5.74, 6) is 0.661. The Morgan fingerprint density at radius 1 is 1.50 bits per heavy atom. The van der Waals surface area contributed by atoms with Crippen LogP contribution < -0.4 is 5.43 Å². The summed E-state index contributed by atoms with van der Waals surface area (Å²) in [5, 5.41) is 27.8. The highest BCUT2D eigenvalue weighted by molar-refractivity contribution is 5.74. The van der Waals surface area contributed by atoms with Gasteiger partial charge in [0, 0.05) is 0 Å². The van der Waals surface area contributed by atoms with Crippen molar-refractivity contribution in [3.63, 3.8) is 0 Å². The molecule has 0 atom stereocenters. The quantitative estimate of drug-likeness (QED) is 0.435. The first-order valence-corrected chi connectivity index (χ1v) is 3.61. The van der Waals surface area contributed by atoms with E-state index < -0.39 is 0 Å². The fourth-order valence-corrected chi connectivity index (χ4v) is 0.707. The molecule has 2 heterocycles. The SMILES string of the molecule is Cn1nnc(/C=N/Nc2nn[nH]n2)n1. The molecule has 10 nitrogen and oxygen atoms in total. The van der Waals surface area contributed by atoms with Crippen molar-refractivity contribution >= 4 is 12.2 Å². The van der Waals surface area contributed by atoms with Crippen LogP contribution in [-0.2, 0) is 7.05 Å². The number of hydrazone groups is 1. The van der Waals surface area contributed by atoms with Gasteiger partial charge < -0.3 is 0 Å². The van der Waals surface area contributed by atoms with Crippen molar-refractivity contribution in [2.75, 3.05) is 5.43 Å². The number of nitrogens with zero attached hydrogens (tertiary/aromatic N) is 8. The topological polar surface area (TPSA) is 122 Å². The number of aromatic amines is 1. The first-order valence-electron chi connectivity index (χ1n) is 3.61. The van der Waals surface area contributed by atoms with Crippen LogP contribution >= 0.6 is 0 Å². The summed E-state index contributed by atoms with van der Waals surface area (Å²) in [6.45, 7) is 0. The molecule has 0 aromatic carbocycles. The maximum Gasteiger partial charge on any atom is 0.283 e. The summed E-state index contributed by atoms with van der Waals surface area (Å²) >= 11 is 0. The van der Waals surface area contributed by atoms with Gasteiger partial charge in [0.05, 0.1) is 13.3 Å². The van der Waals surface area contributed by atoms with Crippen molar-refractivity contribution < 1.29 is 0 Å². The summed E-state index contributed by atoms with van der Waals surface area (Å²) < 4.78 is 0. The van der Waals surface area contributed by atoms with Crippen LogP contribution in [-0.4, -0.2) is 47.0 Å². The van der Waals surface area contributed by atoms with Crippen molar-refractivity contribution in [2.24, 2.45) is 12.1 Å². The second-order valence-corrected chi connectivity index (χ2v) is 2.24. The van der Waals surface area contributed by atoms with Crippen LogP contribution in [0.5, 0.6) is 0 Å². The monoisotopic (exact) mass is 194 g/mol. The summed E-state index contributed by atoms with van der Waals surface area (Å²) in [6, 6.07) is 0. The number of H-pyrrole nitrogens is 1. The van der Waals surface area contributed by atoms with Crippen LogP contribution in [0.15, 0.2) is 5.10 Å². The molecular weight excluding hydrogens is 188 g/mol. The smallest absolute Gasteiger partial charge is 0.242 e. The van der Waals surface area contributed by atoms with Gasteiger partial charge in [0.1, 0.15) is 0 Å². The average Bonchev–Trinajstić information content (AvgIpc) is 2.77. The molecule has 0 aliphatic heterocycles. The van der Waals surface area contributed by atoms with Crippen molar-refractivity contribution in [1.29, 1.82) is 0 Å². The second-order valence-electron chi connectivity index (χ2n) is 2.24. The number of hydrogen-bond donors (Lipinski definition) is 2. The van der Waals surface area contributed by atoms with Gasteiger partial charge in [-0.05, 0) is 10.4 Å². The van der Waals surface area contributed by atoms with E-state index in [2.05, 4.69) is 46.6 Å². The first kappa shape index (κ1) is 8.22. The first-order chi connectivity index (χ1) is 6.84. The molecule has 2 N–H and O–H groups in total. The van der Waals surface area contributed by atoms with Gasteiger partial charge in [0.25, 0.3) is 5.95 Å². The lowest BCUT2D eigenvalue weighted by Crippen LogP contribution is -1.95. The largest absolute Gasteiger partial charge is 0.283 e. The third-order valence-corrected chi connectivity index (χ3v) is 1.21. The summed E-state index contributed by atoms with van der Waals surface area (Å²) in [5.41, 5.74) is 2.52. The predicted molar refractivity (Wildman–Crippen MR) is 44.2 cm³/mol. The van der Waals surface area contributed by atoms with E-state index in [4.69, 9.17) is 0 Å². The Bertz CT molecular complexity index is 411. The van der Waals surface area contributed by atoms with E-state index in [-0.39, 0.29) is 5.95 Å². The molecular formula is C4H6N10. The van der Waals surface area contributed by atoms with Crippen LogP contribution in [0.3, 0.4) is 0 Å². The minimum Gasteiger partial charge on any atom is -0.242 e. The number of rotatable bonds is 3. The Morgan fingerprint density at radius 3 is 3.07 bits per heavy atom. The third-order valence-electron chi connectivity index (χ3n) is 1.21. The summed E-state index contributed by atoms with van der Waals surface area (Å²) in [4.78, 5) is 1.33. The van der Waals surface area contributed by atoms with Gasteiger partial charge in [-0.3, -0.25) is 0 Å². The highest BCUT2D eigenvalue weighted by Gasteiger charge is 1.95. The second kappa shape index (κ2) is 3.55. The van der Waals surface area contributed by atoms with Gasteiger partial charge in [-0.1, -0.05) is 5.10 Å². The van der Waals surface area contributed by atoms with E-state index in [1.807, 2.05) is 0 Å². The van der Waals surface area contributed by atoms with Crippen molar-refractivity contribution in [3.05, 3.63) is 5.82 Å². The van der Waals surface area contributed by atoms with Gasteiger partial charge in [0.2, 0.25) is 5.82 Å². The Balaban J connectivity index is 1.95. The molecule has 0 saturated heterocycles. The molecule has 0 unspecified atom stereocenters. The number of tetrazole rings is 2. The number of hydrogen-bond acceptors (Lipinski definition) is 8. The zero-order valence-corrected chi connectivity index (χ0v) is 7.16. The zero-order valence-electron chi connectivity index (χ0n) is 7.16. The van der Waals surface area contributed by atoms with E-state index >= 15 is 0 Å². The van der Waals surface area contributed by atoms with Crippen LogP contribution in [0, 0.1) is 0 Å². The molecule has 0 amide bonds. The molecule has 0 aliphatic rings. The fourth-order valence-electron chi connectivity index (χ4n) is 0.707. The van der Waals surface area contributed by atoms with Crippen LogP contribution in [0.25, 0.3) is 0 Å². The van der Waals surface area contributed by atoms with Crippen molar-refractivity contribution in [2.45, 2.75) is 0 Å². The lowest BCUT2D eigenvalue weighted by molar-refractivity contribution is 0.629. The van der Waals surface area contributed by atoms with Gasteiger partial charge in [-0.2, -0.15) is 15.1 Å². The van der Waals surface area contributed by atoms with Gasteiger partial charge >= 0.3 is 0 Å². The standard InChI is InChI=1S/C4H6N10/c1-14-10-3(6-13-14)2-5-7-4-8-11-12-9-4/h2H,1H3,(H2,7,8,9,11,12)/b5-2+. The predicted octanol–water partition coefficient (Wildman–Crippen LogP) is -1.83. The number of aromatic nitrogens is 8. The van der Waals surface area contributed by atoms with E-state index in [9.17, 15) is 0 Å². The maximum atomic E-state index is 3.87. The molecule has 0 spiro atoms. The van der Waals surface area contributed by atoms with E-state index in [1.165, 1.54) is 11.0 Å². The Morgan fingerprint density at radius 2 is 2.43 bits per heavy atom. The number of aryl methyl sites for hydroxylation is 1. The van der Waals surface area contributed by atoms with Crippen LogP contribution in [0.4, 0.5) is 5.95 Å². The van der Waals surface area contributed by atoms with E-state index in [1.54, 1.807) is 7.05 Å². The molecule has 0 fully saturated rings. The van der Waals surface area contributed by atoms with Crippen molar-refractivity contribution in [1.82, 2.24) is 40.8 Å². The lowest BCUT2D eigenvalue weighted by atomic mass is 10.7. The highest BCUT2D eigenvalue weighted by atomic mass is 15.6. The molecule has 0 saturated carbocycles. The Labute approximate surface area is 77.4 Å². The van der Waals surface area contributed by atoms with Gasteiger partial charge in [-0.25, -0.2) is 5.43 Å². The molecule has 14 heavy (non-hydrogen) atoms. The number of nitrogens with one attached hydrogen (secondary N) is 2. The highest BCUT2D eigenvalue weighted by Crippen LogP contribution is 1.88. The van der Waals surface area contributed by atoms with Gasteiger partial charge in [-0.15, -0.1) is 15.3 Å². The minimum atomic E-state index is 0.269. The summed E-state index contributed by atoms with van der Waals surface area (Å²) in [7, 11) is 1.66. The van der Waals surface area contributed by atoms with E-state index in [0.717, 1.165) is 0 Å². The molecule has 2 aromatic rings. The summed E-state index contributed by atoms with van der Waals surface area (Å²) in [6.07, 6.45) is 1.39. The maximum absolute atomic E-state index is 3.87. The molecule has 0 aliphatic carbocycles. The molecule has 2 aromatic heterocycles. The average molecular weight is 194 g/mol. The lowest BCUT2D eigenvalue weighted by Gasteiger charge is -1.86. The molecule has 72 valence electrons. The number of anilines is 1. The van der Waals surface area contributed by atoms with Crippen molar-refractivity contribution in [3.8, 4) is 0 Å². The van der Waals surface area contributed by atoms with Crippen LogP contribution in [0.2, 0.25) is 0 Å². The Kier molecular flexibility index (Phi) is 2.09. The van der Waals surface area contributed by atoms with Gasteiger partial charge in [0.15, 0.2) is 0 Å². The third kappa shape index (κ3) is 1.85. The minimum absolute atomic E-state index is 0.269. The molecule has 10 heteroatoms. The zero-order chi connectivity index (χ0) is 9.80. The normalized spacial score (nSPS) is 10.9. The van der Waals surface area contributed by atoms with E-state index in [0.29, 0.717) is 5.82 Å². The molecule has 0 bridgehead atoms. The molecule has 0 radical (unpaired) electrons. The fraction of sp³-hybridized carbons (Fsp3) is 0.250. The molecule has 2 rings (SSSR count). The Hall–Kier alpha value is -2.39. The van der Waals surface area contributed by atoms with Crippen LogP contribution in [0.1, 0.15) is 5.82 Å².